The summed E-state index contributed by atoms with van der Waals surface area (Å²) in [6.07, 6.45) is -5.33. The number of aromatic nitrogens is 2. The highest BCUT2D eigenvalue weighted by atomic mass is 35.5. The highest BCUT2D eigenvalue weighted by Gasteiger charge is 2.27. The van der Waals surface area contributed by atoms with Crippen molar-refractivity contribution in [1.29, 1.82) is 0 Å². The van der Waals surface area contributed by atoms with Gasteiger partial charge in [0.25, 0.3) is 0 Å². The van der Waals surface area contributed by atoms with Crippen LogP contribution < -0.4 is 0 Å². The van der Waals surface area contributed by atoms with Crippen molar-refractivity contribution >= 4 is 29.2 Å². The molecule has 9 heteroatoms. The maximum absolute atomic E-state index is 12.4. The SMILES string of the molecule is CCOC(=O)c1nn(CC)c(-c2ccc(CCC(F)(F)F)cc2Cl)c1Cl. The predicted molar refractivity (Wildman–Crippen MR) is 93.7 cm³/mol. The molecular formula is C17H17Cl2F3N2O2. The van der Waals surface area contributed by atoms with Crippen LogP contribution in [-0.2, 0) is 17.7 Å². The molecule has 0 saturated heterocycles. The van der Waals surface area contributed by atoms with Gasteiger partial charge in [0, 0.05) is 18.5 Å². The lowest BCUT2D eigenvalue weighted by molar-refractivity contribution is -0.134. The second-order valence-corrected chi connectivity index (χ2v) is 6.26. The predicted octanol–water partition coefficient (Wildman–Crippen LogP) is 5.55. The molecule has 0 bridgehead atoms. The van der Waals surface area contributed by atoms with Crippen LogP contribution in [-0.4, -0.2) is 28.5 Å². The van der Waals surface area contributed by atoms with Gasteiger partial charge in [0.05, 0.1) is 17.3 Å². The average molecular weight is 409 g/mol. The van der Waals surface area contributed by atoms with Gasteiger partial charge in [0.2, 0.25) is 0 Å². The normalized spacial score (nSPS) is 11.7. The highest BCUT2D eigenvalue weighted by Crippen LogP contribution is 2.36. The Labute approximate surface area is 158 Å². The van der Waals surface area contributed by atoms with Gasteiger partial charge < -0.3 is 4.74 Å². The number of hydrogen-bond donors (Lipinski definition) is 0. The first-order valence-electron chi connectivity index (χ1n) is 7.96. The Kier molecular flexibility index (Phi) is 6.58. The van der Waals surface area contributed by atoms with Crippen molar-refractivity contribution in [3.63, 3.8) is 0 Å². The Hall–Kier alpha value is -1.73. The van der Waals surface area contributed by atoms with E-state index in [0.717, 1.165) is 0 Å². The molecular weight excluding hydrogens is 392 g/mol. The molecule has 0 atom stereocenters. The summed E-state index contributed by atoms with van der Waals surface area (Å²) in [6, 6.07) is 4.61. The fraction of sp³-hybridized carbons (Fsp3) is 0.412. The molecule has 142 valence electrons. The molecule has 0 radical (unpaired) electrons. The summed E-state index contributed by atoms with van der Waals surface area (Å²) < 4.78 is 43.6. The number of alkyl halides is 3. The number of ether oxygens (including phenoxy) is 1. The molecule has 0 amide bonds. The molecule has 0 aliphatic carbocycles. The maximum atomic E-state index is 12.4. The van der Waals surface area contributed by atoms with Gasteiger partial charge in [0.1, 0.15) is 5.02 Å². The fourth-order valence-corrected chi connectivity index (χ4v) is 3.06. The minimum atomic E-state index is -4.23. The highest BCUT2D eigenvalue weighted by molar-refractivity contribution is 6.38. The van der Waals surface area contributed by atoms with E-state index < -0.39 is 18.6 Å². The number of carbonyl (C=O) groups is 1. The van der Waals surface area contributed by atoms with Crippen molar-refractivity contribution in [1.82, 2.24) is 9.78 Å². The molecule has 0 spiro atoms. The quantitative estimate of drug-likeness (QED) is 0.588. The second kappa shape index (κ2) is 8.31. The number of benzene rings is 1. The van der Waals surface area contributed by atoms with E-state index in [-0.39, 0.29) is 28.8 Å². The maximum Gasteiger partial charge on any atom is 0.389 e. The number of aryl methyl sites for hydroxylation is 2. The van der Waals surface area contributed by atoms with Gasteiger partial charge in [0.15, 0.2) is 5.69 Å². The Morgan fingerprint density at radius 2 is 1.96 bits per heavy atom. The van der Waals surface area contributed by atoms with E-state index in [1.165, 1.54) is 10.7 Å². The first-order valence-corrected chi connectivity index (χ1v) is 8.72. The summed E-state index contributed by atoms with van der Waals surface area (Å²) in [6.45, 7) is 4.08. The summed E-state index contributed by atoms with van der Waals surface area (Å²) in [5.74, 6) is -0.649. The van der Waals surface area contributed by atoms with E-state index >= 15 is 0 Å². The van der Waals surface area contributed by atoms with E-state index in [2.05, 4.69) is 5.10 Å². The lowest BCUT2D eigenvalue weighted by Gasteiger charge is -2.10. The summed E-state index contributed by atoms with van der Waals surface area (Å²) in [5, 5.41) is 4.48. The van der Waals surface area contributed by atoms with Crippen LogP contribution in [0, 0.1) is 0 Å². The molecule has 1 aromatic carbocycles. The van der Waals surface area contributed by atoms with Crippen molar-refractivity contribution in [2.24, 2.45) is 0 Å². The van der Waals surface area contributed by atoms with E-state index in [1.807, 2.05) is 6.92 Å². The summed E-state index contributed by atoms with van der Waals surface area (Å²) >= 11 is 12.6. The molecule has 26 heavy (non-hydrogen) atoms. The molecule has 1 aromatic heterocycles. The smallest absolute Gasteiger partial charge is 0.389 e. The van der Waals surface area contributed by atoms with Gasteiger partial charge in [-0.05, 0) is 31.9 Å². The summed E-state index contributed by atoms with van der Waals surface area (Å²) in [4.78, 5) is 12.0. The molecule has 0 aliphatic heterocycles. The van der Waals surface area contributed by atoms with Gasteiger partial charge in [-0.2, -0.15) is 18.3 Å². The number of esters is 1. The lowest BCUT2D eigenvalue weighted by Crippen LogP contribution is -2.08. The average Bonchev–Trinajstić information content (AvgIpc) is 2.89. The van der Waals surface area contributed by atoms with Crippen LogP contribution in [0.5, 0.6) is 0 Å². The molecule has 2 rings (SSSR count). The first-order chi connectivity index (χ1) is 12.2. The van der Waals surface area contributed by atoms with Crippen molar-refractivity contribution in [2.45, 2.75) is 39.4 Å². The van der Waals surface area contributed by atoms with Crippen LogP contribution in [0.4, 0.5) is 13.2 Å². The second-order valence-electron chi connectivity index (χ2n) is 5.48. The minimum Gasteiger partial charge on any atom is -0.461 e. The largest absolute Gasteiger partial charge is 0.461 e. The van der Waals surface area contributed by atoms with Crippen LogP contribution in [0.15, 0.2) is 18.2 Å². The van der Waals surface area contributed by atoms with Crippen LogP contribution in [0.2, 0.25) is 10.0 Å². The van der Waals surface area contributed by atoms with Crippen molar-refractivity contribution in [3.8, 4) is 11.3 Å². The Bertz CT molecular complexity index is 804. The summed E-state index contributed by atoms with van der Waals surface area (Å²) in [5.41, 5.74) is 1.34. The minimum absolute atomic E-state index is 0.0254. The fourth-order valence-electron chi connectivity index (χ4n) is 2.45. The van der Waals surface area contributed by atoms with Gasteiger partial charge in [-0.1, -0.05) is 35.3 Å². The Balaban J connectivity index is 2.40. The van der Waals surface area contributed by atoms with Crippen molar-refractivity contribution in [2.75, 3.05) is 6.61 Å². The third-order valence-electron chi connectivity index (χ3n) is 3.65. The third kappa shape index (κ3) is 4.71. The van der Waals surface area contributed by atoms with Crippen LogP contribution in [0.1, 0.15) is 36.3 Å². The van der Waals surface area contributed by atoms with Crippen LogP contribution in [0.3, 0.4) is 0 Å². The molecule has 0 aliphatic rings. The van der Waals surface area contributed by atoms with Crippen molar-refractivity contribution < 1.29 is 22.7 Å². The number of halogens is 5. The monoisotopic (exact) mass is 408 g/mol. The number of rotatable bonds is 6. The van der Waals surface area contributed by atoms with Gasteiger partial charge in [-0.25, -0.2) is 4.79 Å². The molecule has 2 aromatic rings. The summed E-state index contributed by atoms with van der Waals surface area (Å²) in [7, 11) is 0. The lowest BCUT2D eigenvalue weighted by atomic mass is 10.0. The molecule has 0 fully saturated rings. The van der Waals surface area contributed by atoms with Gasteiger partial charge in [-0.15, -0.1) is 0 Å². The number of nitrogens with zero attached hydrogens (tertiary/aromatic N) is 2. The number of carbonyl (C=O) groups excluding carboxylic acids is 1. The molecule has 4 nitrogen and oxygen atoms in total. The van der Waals surface area contributed by atoms with E-state index in [0.29, 0.717) is 23.4 Å². The molecule has 0 N–H and O–H groups in total. The topological polar surface area (TPSA) is 44.1 Å². The third-order valence-corrected chi connectivity index (χ3v) is 4.32. The molecule has 1 heterocycles. The Morgan fingerprint density at radius 1 is 1.27 bits per heavy atom. The van der Waals surface area contributed by atoms with Crippen molar-refractivity contribution in [3.05, 3.63) is 39.5 Å². The van der Waals surface area contributed by atoms with Crippen LogP contribution >= 0.6 is 23.2 Å². The molecule has 0 saturated carbocycles. The molecule has 0 unspecified atom stereocenters. The van der Waals surface area contributed by atoms with Gasteiger partial charge in [-0.3, -0.25) is 4.68 Å². The first kappa shape index (κ1) is 20.6. The van der Waals surface area contributed by atoms with Gasteiger partial charge >= 0.3 is 12.1 Å². The zero-order valence-electron chi connectivity index (χ0n) is 14.2. The standard InChI is InChI=1S/C17H17Cl2F3N2O2/c1-3-24-15(13(19)14(23-24)16(25)26-4-2)11-6-5-10(9-12(11)18)7-8-17(20,21)22/h5-6,9H,3-4,7-8H2,1-2H3. The van der Waals surface area contributed by atoms with E-state index in [1.54, 1.807) is 19.1 Å². The van der Waals surface area contributed by atoms with E-state index in [9.17, 15) is 18.0 Å². The zero-order chi connectivity index (χ0) is 19.5. The number of hydrogen-bond acceptors (Lipinski definition) is 3. The zero-order valence-corrected chi connectivity index (χ0v) is 15.7. The van der Waals surface area contributed by atoms with Crippen LogP contribution in [0.25, 0.3) is 11.3 Å². The van der Waals surface area contributed by atoms with E-state index in [4.69, 9.17) is 27.9 Å². The Morgan fingerprint density at radius 3 is 2.50 bits per heavy atom.